The first-order valence-electron chi connectivity index (χ1n) is 10.3. The number of hydrogen-bond acceptors (Lipinski definition) is 6. The Bertz CT molecular complexity index is 1350. The van der Waals surface area contributed by atoms with Crippen LogP contribution in [0.15, 0.2) is 64.2 Å². The van der Waals surface area contributed by atoms with Gasteiger partial charge in [-0.3, -0.25) is 4.98 Å². The second-order valence-corrected chi connectivity index (χ2v) is 9.55. The maximum atomic E-state index is 13.9. The number of aliphatic hydroxyl groups excluding tert-OH is 1. The number of aromatic nitrogens is 3. The van der Waals surface area contributed by atoms with E-state index in [9.17, 15) is 9.50 Å². The maximum Gasteiger partial charge on any atom is 0.227 e. The van der Waals surface area contributed by atoms with Crippen molar-refractivity contribution in [3.63, 3.8) is 0 Å². The van der Waals surface area contributed by atoms with Gasteiger partial charge in [-0.2, -0.15) is 4.98 Å². The lowest BCUT2D eigenvalue weighted by Gasteiger charge is -2.24. The fraction of sp³-hybridized carbons (Fsp3) is 0.160. The number of benzene rings is 2. The molecule has 0 spiro atoms. The zero-order chi connectivity index (χ0) is 22.9. The first kappa shape index (κ1) is 22.0. The van der Waals surface area contributed by atoms with Crippen molar-refractivity contribution in [2.45, 2.75) is 30.7 Å². The van der Waals surface area contributed by atoms with E-state index < -0.39 is 0 Å². The highest BCUT2D eigenvalue weighted by atomic mass is 79.9. The van der Waals surface area contributed by atoms with Crippen LogP contribution in [0.3, 0.4) is 0 Å². The predicted octanol–water partition coefficient (Wildman–Crippen LogP) is 6.23. The third-order valence-corrected chi connectivity index (χ3v) is 7.05. The third-order valence-electron chi connectivity index (χ3n) is 5.43. The van der Waals surface area contributed by atoms with Gasteiger partial charge in [-0.05, 0) is 36.8 Å². The molecular formula is C25H19BrFN3O2S. The Balaban J connectivity index is 1.59. The molecule has 2 aromatic heterocycles. The number of halogens is 2. The van der Waals surface area contributed by atoms with Crippen molar-refractivity contribution < 1.29 is 14.2 Å². The molecule has 0 saturated heterocycles. The zero-order valence-electron chi connectivity index (χ0n) is 17.7. The van der Waals surface area contributed by atoms with E-state index in [2.05, 4.69) is 38.0 Å². The molecule has 0 saturated carbocycles. The van der Waals surface area contributed by atoms with E-state index in [-0.39, 0.29) is 12.4 Å². The molecule has 2 aromatic carbocycles. The number of nitrogens with zero attached hydrogens (tertiary/aromatic N) is 3. The van der Waals surface area contributed by atoms with Crippen molar-refractivity contribution in [1.29, 1.82) is 0 Å². The zero-order valence-corrected chi connectivity index (χ0v) is 20.1. The molecular weight excluding hydrogens is 505 g/mol. The quantitative estimate of drug-likeness (QED) is 0.217. The van der Waals surface area contributed by atoms with Gasteiger partial charge in [-0.1, -0.05) is 40.2 Å². The Morgan fingerprint density at radius 2 is 1.94 bits per heavy atom. The van der Waals surface area contributed by atoms with E-state index in [1.54, 1.807) is 30.1 Å². The Kier molecular flexibility index (Phi) is 6.14. The lowest BCUT2D eigenvalue weighted by Crippen LogP contribution is -2.13. The molecule has 0 fully saturated rings. The van der Waals surface area contributed by atoms with E-state index in [0.717, 1.165) is 37.4 Å². The van der Waals surface area contributed by atoms with Gasteiger partial charge in [-0.15, -0.1) is 11.8 Å². The van der Waals surface area contributed by atoms with Crippen LogP contribution in [0.2, 0.25) is 0 Å². The largest absolute Gasteiger partial charge is 0.436 e. The van der Waals surface area contributed by atoms with Gasteiger partial charge in [0.15, 0.2) is 11.6 Å². The molecule has 4 aromatic rings. The molecule has 1 N–H and O–H groups in total. The molecule has 0 radical (unpaired) electrons. The Morgan fingerprint density at radius 3 is 2.70 bits per heavy atom. The highest BCUT2D eigenvalue weighted by Crippen LogP contribution is 2.43. The molecule has 3 heterocycles. The summed E-state index contributed by atoms with van der Waals surface area (Å²) in [6.07, 6.45) is 2.20. The van der Waals surface area contributed by atoms with Crippen LogP contribution in [-0.2, 0) is 18.8 Å². The summed E-state index contributed by atoms with van der Waals surface area (Å²) in [6, 6.07) is 14.4. The second-order valence-electron chi connectivity index (χ2n) is 7.68. The van der Waals surface area contributed by atoms with Gasteiger partial charge >= 0.3 is 0 Å². The summed E-state index contributed by atoms with van der Waals surface area (Å²) in [6.45, 7) is 1.74. The van der Waals surface area contributed by atoms with Crippen molar-refractivity contribution in [2.24, 2.45) is 0 Å². The second kappa shape index (κ2) is 9.21. The third kappa shape index (κ3) is 4.51. The molecule has 5 rings (SSSR count). The van der Waals surface area contributed by atoms with Crippen LogP contribution in [-0.4, -0.2) is 20.1 Å². The van der Waals surface area contributed by atoms with Gasteiger partial charge < -0.3 is 9.84 Å². The van der Waals surface area contributed by atoms with E-state index in [1.807, 2.05) is 19.1 Å². The standard InChI is InChI=1S/C25H19BrFN3O2S/c1-14-22-20(17(12-31)11-28-14)10-21-24(32-22)29-23(16-3-2-4-19(27)9-16)30-25(21)33-13-15-5-7-18(26)8-6-15/h2-9,11,31H,10,12-13H2,1H3. The molecule has 0 bridgehead atoms. The molecule has 0 atom stereocenters. The van der Waals surface area contributed by atoms with Crippen molar-refractivity contribution in [1.82, 2.24) is 15.0 Å². The van der Waals surface area contributed by atoms with Crippen molar-refractivity contribution in [3.8, 4) is 23.0 Å². The van der Waals surface area contributed by atoms with Gasteiger partial charge in [-0.25, -0.2) is 9.37 Å². The predicted molar refractivity (Wildman–Crippen MR) is 129 cm³/mol. The molecule has 1 aliphatic heterocycles. The van der Waals surface area contributed by atoms with E-state index in [0.29, 0.717) is 35.2 Å². The van der Waals surface area contributed by atoms with E-state index >= 15 is 0 Å². The Morgan fingerprint density at radius 1 is 1.12 bits per heavy atom. The summed E-state index contributed by atoms with van der Waals surface area (Å²) in [5.41, 5.74) is 4.92. The van der Waals surface area contributed by atoms with Crippen molar-refractivity contribution in [2.75, 3.05) is 0 Å². The summed E-state index contributed by atoms with van der Waals surface area (Å²) < 4.78 is 21.1. The summed E-state index contributed by atoms with van der Waals surface area (Å²) in [5.74, 6) is 1.81. The van der Waals surface area contributed by atoms with Gasteiger partial charge in [0.1, 0.15) is 10.8 Å². The average Bonchev–Trinajstić information content (AvgIpc) is 2.83. The van der Waals surface area contributed by atoms with Crippen LogP contribution >= 0.6 is 27.7 Å². The van der Waals surface area contributed by atoms with Gasteiger partial charge in [0, 0.05) is 39.5 Å². The highest BCUT2D eigenvalue weighted by molar-refractivity contribution is 9.10. The Labute approximate surface area is 203 Å². The topological polar surface area (TPSA) is 68.1 Å². The maximum absolute atomic E-state index is 13.9. The molecule has 0 aliphatic carbocycles. The smallest absolute Gasteiger partial charge is 0.227 e. The number of rotatable bonds is 5. The van der Waals surface area contributed by atoms with Crippen LogP contribution in [0.1, 0.15) is 27.9 Å². The molecule has 0 amide bonds. The molecule has 5 nitrogen and oxygen atoms in total. The number of thioether (sulfide) groups is 1. The number of ether oxygens (including phenoxy) is 1. The number of aliphatic hydroxyl groups is 1. The van der Waals surface area contributed by atoms with Gasteiger partial charge in [0.05, 0.1) is 17.9 Å². The Hall–Kier alpha value is -2.81. The molecule has 1 aliphatic rings. The SMILES string of the molecule is Cc1ncc(CO)c2c1Oc1nc(-c3cccc(F)c3)nc(SCc3ccc(Br)cc3)c1C2. The van der Waals surface area contributed by atoms with Gasteiger partial charge in [0.2, 0.25) is 5.88 Å². The fourth-order valence-electron chi connectivity index (χ4n) is 3.70. The van der Waals surface area contributed by atoms with Gasteiger partial charge in [0.25, 0.3) is 0 Å². The van der Waals surface area contributed by atoms with Crippen molar-refractivity contribution >= 4 is 27.7 Å². The minimum Gasteiger partial charge on any atom is -0.436 e. The summed E-state index contributed by atoms with van der Waals surface area (Å²) in [5, 5.41) is 10.6. The number of pyridine rings is 1. The first-order chi connectivity index (χ1) is 16.0. The normalized spacial score (nSPS) is 12.1. The van der Waals surface area contributed by atoms with Crippen LogP contribution < -0.4 is 4.74 Å². The highest BCUT2D eigenvalue weighted by Gasteiger charge is 2.27. The summed E-state index contributed by atoms with van der Waals surface area (Å²) in [4.78, 5) is 13.8. The van der Waals surface area contributed by atoms with Crippen LogP contribution in [0.4, 0.5) is 4.39 Å². The molecule has 166 valence electrons. The summed E-state index contributed by atoms with van der Waals surface area (Å²) >= 11 is 5.05. The number of fused-ring (bicyclic) bond motifs is 2. The minimum absolute atomic E-state index is 0.127. The monoisotopic (exact) mass is 523 g/mol. The lowest BCUT2D eigenvalue weighted by molar-refractivity contribution is 0.278. The number of hydrogen-bond donors (Lipinski definition) is 1. The summed E-state index contributed by atoms with van der Waals surface area (Å²) in [7, 11) is 0. The van der Waals surface area contributed by atoms with E-state index in [1.165, 1.54) is 12.1 Å². The fourth-order valence-corrected chi connectivity index (χ4v) is 4.95. The van der Waals surface area contributed by atoms with E-state index in [4.69, 9.17) is 9.72 Å². The first-order valence-corrected chi connectivity index (χ1v) is 12.1. The average molecular weight is 524 g/mol. The minimum atomic E-state index is -0.350. The lowest BCUT2D eigenvalue weighted by atomic mass is 9.99. The van der Waals surface area contributed by atoms with Crippen LogP contribution in [0, 0.1) is 12.7 Å². The molecule has 33 heavy (non-hydrogen) atoms. The van der Waals surface area contributed by atoms with Crippen LogP contribution in [0.25, 0.3) is 11.4 Å². The van der Waals surface area contributed by atoms with Crippen LogP contribution in [0.5, 0.6) is 11.6 Å². The molecule has 8 heteroatoms. The number of aryl methyl sites for hydroxylation is 1. The molecule has 0 unspecified atom stereocenters. The van der Waals surface area contributed by atoms with Crippen molar-refractivity contribution in [3.05, 3.63) is 93.0 Å².